The number of β-amino-alcohol motifs (C(OH)–C–C–N with tert-alkyl or cyclic N) is 1. The largest absolute Gasteiger partial charge is 0.399 e. The highest BCUT2D eigenvalue weighted by Gasteiger charge is 2.15. The molecule has 1 atom stereocenters. The summed E-state index contributed by atoms with van der Waals surface area (Å²) in [6, 6.07) is 7.53. The Morgan fingerprint density at radius 2 is 2.00 bits per heavy atom. The molecule has 3 nitrogen and oxygen atoms in total. The molecule has 2 rings (SSSR count). The van der Waals surface area contributed by atoms with Crippen molar-refractivity contribution in [1.29, 1.82) is 0 Å². The molecule has 3 heteroatoms. The number of piperidine rings is 1. The van der Waals surface area contributed by atoms with E-state index in [1.54, 1.807) is 0 Å². The van der Waals surface area contributed by atoms with Crippen molar-refractivity contribution in [3.63, 3.8) is 0 Å². The molecule has 0 aliphatic carbocycles. The van der Waals surface area contributed by atoms with Crippen molar-refractivity contribution in [2.24, 2.45) is 0 Å². The number of aliphatic hydroxyl groups excluding tert-OH is 1. The molecule has 0 radical (unpaired) electrons. The van der Waals surface area contributed by atoms with Gasteiger partial charge in [-0.05, 0) is 43.6 Å². The first-order chi connectivity index (χ1) is 7.75. The Hall–Kier alpha value is -1.06. The van der Waals surface area contributed by atoms with Gasteiger partial charge in [0.1, 0.15) is 0 Å². The molecule has 0 spiro atoms. The number of hydrogen-bond donors (Lipinski definition) is 2. The van der Waals surface area contributed by atoms with Gasteiger partial charge in [0.2, 0.25) is 0 Å². The van der Waals surface area contributed by atoms with Crippen LogP contribution in [0.2, 0.25) is 0 Å². The molecule has 0 saturated carbocycles. The first-order valence-electron chi connectivity index (χ1n) is 6.01. The third-order valence-corrected chi connectivity index (χ3v) is 3.18. The molecule has 1 fully saturated rings. The molecule has 0 aromatic heterocycles. The van der Waals surface area contributed by atoms with Crippen molar-refractivity contribution in [3.8, 4) is 0 Å². The summed E-state index contributed by atoms with van der Waals surface area (Å²) >= 11 is 0. The first kappa shape index (κ1) is 11.4. The van der Waals surface area contributed by atoms with E-state index in [9.17, 15) is 5.11 Å². The number of hydrogen-bond acceptors (Lipinski definition) is 3. The standard InChI is InChI=1S/C13H20N2O/c14-12-6-4-5-11(9-12)13(16)10-15-7-2-1-3-8-15/h4-6,9,13,16H,1-3,7-8,10,14H2. The predicted molar refractivity (Wildman–Crippen MR) is 66.1 cm³/mol. The lowest BCUT2D eigenvalue weighted by Crippen LogP contribution is -2.33. The van der Waals surface area contributed by atoms with Gasteiger partial charge in [0.25, 0.3) is 0 Å². The van der Waals surface area contributed by atoms with Crippen molar-refractivity contribution in [3.05, 3.63) is 29.8 Å². The smallest absolute Gasteiger partial charge is 0.0917 e. The van der Waals surface area contributed by atoms with Crippen LogP contribution in [0.3, 0.4) is 0 Å². The van der Waals surface area contributed by atoms with Crippen molar-refractivity contribution >= 4 is 5.69 Å². The van der Waals surface area contributed by atoms with Crippen LogP contribution in [0.15, 0.2) is 24.3 Å². The van der Waals surface area contributed by atoms with Crippen molar-refractivity contribution < 1.29 is 5.11 Å². The molecule has 88 valence electrons. The number of benzene rings is 1. The van der Waals surface area contributed by atoms with Gasteiger partial charge in [-0.25, -0.2) is 0 Å². The second-order valence-electron chi connectivity index (χ2n) is 4.55. The summed E-state index contributed by atoms with van der Waals surface area (Å²) in [7, 11) is 0. The lowest BCUT2D eigenvalue weighted by Gasteiger charge is -2.28. The number of nitrogens with two attached hydrogens (primary N) is 1. The minimum absolute atomic E-state index is 0.415. The Labute approximate surface area is 96.9 Å². The highest BCUT2D eigenvalue weighted by atomic mass is 16.3. The quantitative estimate of drug-likeness (QED) is 0.763. The van der Waals surface area contributed by atoms with E-state index in [4.69, 9.17) is 5.73 Å². The van der Waals surface area contributed by atoms with Gasteiger partial charge in [-0.2, -0.15) is 0 Å². The van der Waals surface area contributed by atoms with Crippen LogP contribution in [-0.2, 0) is 0 Å². The van der Waals surface area contributed by atoms with E-state index in [1.807, 2.05) is 24.3 Å². The predicted octanol–water partition coefficient (Wildman–Crippen LogP) is 1.79. The molecule has 1 heterocycles. The van der Waals surface area contributed by atoms with Gasteiger partial charge in [-0.15, -0.1) is 0 Å². The van der Waals surface area contributed by atoms with Crippen molar-refractivity contribution in [1.82, 2.24) is 4.90 Å². The topological polar surface area (TPSA) is 49.5 Å². The van der Waals surface area contributed by atoms with Gasteiger partial charge in [-0.1, -0.05) is 18.6 Å². The van der Waals surface area contributed by atoms with E-state index in [1.165, 1.54) is 19.3 Å². The summed E-state index contributed by atoms with van der Waals surface area (Å²) in [5.41, 5.74) is 7.34. The van der Waals surface area contributed by atoms with Gasteiger partial charge in [0.15, 0.2) is 0 Å². The summed E-state index contributed by atoms with van der Waals surface area (Å²) in [5, 5.41) is 10.1. The van der Waals surface area contributed by atoms with Crippen molar-refractivity contribution in [2.75, 3.05) is 25.4 Å². The van der Waals surface area contributed by atoms with Crippen LogP contribution in [0.1, 0.15) is 30.9 Å². The van der Waals surface area contributed by atoms with E-state index in [0.29, 0.717) is 0 Å². The van der Waals surface area contributed by atoms with Gasteiger partial charge >= 0.3 is 0 Å². The Morgan fingerprint density at radius 3 is 2.69 bits per heavy atom. The number of rotatable bonds is 3. The van der Waals surface area contributed by atoms with E-state index < -0.39 is 6.10 Å². The van der Waals surface area contributed by atoms with Crippen LogP contribution < -0.4 is 5.73 Å². The molecule has 0 bridgehead atoms. The van der Waals surface area contributed by atoms with E-state index >= 15 is 0 Å². The first-order valence-corrected chi connectivity index (χ1v) is 6.01. The number of nitrogens with zero attached hydrogens (tertiary/aromatic N) is 1. The fourth-order valence-electron chi connectivity index (χ4n) is 2.26. The summed E-state index contributed by atoms with van der Waals surface area (Å²) in [6.45, 7) is 2.95. The molecule has 0 amide bonds. The number of anilines is 1. The molecular formula is C13H20N2O. The Balaban J connectivity index is 1.94. The summed E-state index contributed by atoms with van der Waals surface area (Å²) in [5.74, 6) is 0. The van der Waals surface area contributed by atoms with Crippen LogP contribution in [0.25, 0.3) is 0 Å². The number of likely N-dealkylation sites (tertiary alicyclic amines) is 1. The highest BCUT2D eigenvalue weighted by molar-refractivity contribution is 5.41. The summed E-state index contributed by atoms with van der Waals surface area (Å²) < 4.78 is 0. The average molecular weight is 220 g/mol. The zero-order valence-electron chi connectivity index (χ0n) is 9.60. The van der Waals surface area contributed by atoms with Crippen LogP contribution in [0, 0.1) is 0 Å². The van der Waals surface area contributed by atoms with E-state index in [0.717, 1.165) is 30.9 Å². The highest BCUT2D eigenvalue weighted by Crippen LogP contribution is 2.18. The fourth-order valence-corrected chi connectivity index (χ4v) is 2.26. The zero-order chi connectivity index (χ0) is 11.4. The molecule has 16 heavy (non-hydrogen) atoms. The minimum Gasteiger partial charge on any atom is -0.399 e. The molecule has 1 aromatic carbocycles. The molecule has 3 N–H and O–H groups in total. The van der Waals surface area contributed by atoms with Crippen LogP contribution in [0.4, 0.5) is 5.69 Å². The maximum Gasteiger partial charge on any atom is 0.0917 e. The van der Waals surface area contributed by atoms with Crippen LogP contribution in [-0.4, -0.2) is 29.6 Å². The Bertz CT molecular complexity index is 334. The normalized spacial score (nSPS) is 19.6. The molecule has 1 unspecified atom stereocenters. The monoisotopic (exact) mass is 220 g/mol. The second-order valence-corrected chi connectivity index (χ2v) is 4.55. The maximum absolute atomic E-state index is 10.1. The second kappa shape index (κ2) is 5.32. The summed E-state index contributed by atoms with van der Waals surface area (Å²) in [4.78, 5) is 2.33. The molecule has 1 aliphatic rings. The lowest BCUT2D eigenvalue weighted by atomic mass is 10.1. The van der Waals surface area contributed by atoms with E-state index in [2.05, 4.69) is 4.90 Å². The maximum atomic E-state index is 10.1. The van der Waals surface area contributed by atoms with Crippen molar-refractivity contribution in [2.45, 2.75) is 25.4 Å². The zero-order valence-corrected chi connectivity index (χ0v) is 9.60. The Kier molecular flexibility index (Phi) is 3.80. The molecule has 1 aromatic rings. The van der Waals surface area contributed by atoms with Gasteiger partial charge in [0.05, 0.1) is 6.10 Å². The number of nitrogen functional groups attached to an aromatic ring is 1. The lowest BCUT2D eigenvalue weighted by molar-refractivity contribution is 0.101. The fraction of sp³-hybridized carbons (Fsp3) is 0.538. The van der Waals surface area contributed by atoms with E-state index in [-0.39, 0.29) is 0 Å². The van der Waals surface area contributed by atoms with Gasteiger partial charge in [-0.3, -0.25) is 0 Å². The molecule has 1 saturated heterocycles. The summed E-state index contributed by atoms with van der Waals surface area (Å²) in [6.07, 6.45) is 3.42. The number of aliphatic hydroxyl groups is 1. The molecular weight excluding hydrogens is 200 g/mol. The third-order valence-electron chi connectivity index (χ3n) is 3.18. The molecule has 1 aliphatic heterocycles. The minimum atomic E-state index is -0.415. The van der Waals surface area contributed by atoms with Crippen LogP contribution >= 0.6 is 0 Å². The average Bonchev–Trinajstić information content (AvgIpc) is 2.30. The van der Waals surface area contributed by atoms with Gasteiger partial charge < -0.3 is 15.7 Å². The van der Waals surface area contributed by atoms with Crippen LogP contribution in [0.5, 0.6) is 0 Å². The Morgan fingerprint density at radius 1 is 1.25 bits per heavy atom. The van der Waals surface area contributed by atoms with Gasteiger partial charge in [0, 0.05) is 12.2 Å². The SMILES string of the molecule is Nc1cccc(C(O)CN2CCCCC2)c1. The third kappa shape index (κ3) is 2.97.